The number of nitrogens with two attached hydrogens (primary N) is 1. The first-order valence-electron chi connectivity index (χ1n) is 6.54. The second kappa shape index (κ2) is 3.57. The Morgan fingerprint density at radius 3 is 2.24 bits per heavy atom. The lowest BCUT2D eigenvalue weighted by molar-refractivity contribution is -0.0817. The summed E-state index contributed by atoms with van der Waals surface area (Å²) in [7, 11) is 0. The van der Waals surface area contributed by atoms with Crippen molar-refractivity contribution < 1.29 is 4.74 Å². The van der Waals surface area contributed by atoms with Crippen LogP contribution in [0.15, 0.2) is 0 Å². The minimum atomic E-state index is 0.358. The number of hydrogen-bond donors (Lipinski definition) is 1. The van der Waals surface area contributed by atoms with Gasteiger partial charge in [0.1, 0.15) is 6.10 Å². The molecule has 1 heterocycles. The molecule has 4 aliphatic carbocycles. The molecule has 92 valence electrons. The molecule has 5 heteroatoms. The fourth-order valence-corrected chi connectivity index (χ4v) is 4.83. The van der Waals surface area contributed by atoms with Crippen LogP contribution in [0.1, 0.15) is 32.1 Å². The van der Waals surface area contributed by atoms with Gasteiger partial charge in [0.2, 0.25) is 5.13 Å². The van der Waals surface area contributed by atoms with Gasteiger partial charge in [-0.15, -0.1) is 4.37 Å². The van der Waals surface area contributed by atoms with E-state index in [0.717, 1.165) is 23.7 Å². The molecule has 1 aromatic heterocycles. The Morgan fingerprint density at radius 1 is 1.06 bits per heavy atom. The summed E-state index contributed by atoms with van der Waals surface area (Å²) in [6, 6.07) is 0.505. The molecule has 4 fully saturated rings. The van der Waals surface area contributed by atoms with Crippen molar-refractivity contribution in [3.63, 3.8) is 0 Å². The molecule has 4 nitrogen and oxygen atoms in total. The Kier molecular flexibility index (Phi) is 2.13. The van der Waals surface area contributed by atoms with Gasteiger partial charge >= 0.3 is 6.01 Å². The van der Waals surface area contributed by atoms with Gasteiger partial charge < -0.3 is 10.5 Å². The molecule has 0 aliphatic heterocycles. The average molecular weight is 251 g/mol. The van der Waals surface area contributed by atoms with Crippen molar-refractivity contribution in [3.05, 3.63) is 0 Å². The molecule has 4 bridgehead atoms. The van der Waals surface area contributed by atoms with E-state index in [1.54, 1.807) is 0 Å². The van der Waals surface area contributed by atoms with Crippen molar-refractivity contribution in [3.8, 4) is 6.01 Å². The fourth-order valence-electron chi connectivity index (χ4n) is 4.46. The maximum absolute atomic E-state index is 6.02. The van der Waals surface area contributed by atoms with Gasteiger partial charge in [0, 0.05) is 11.5 Å². The van der Waals surface area contributed by atoms with E-state index in [1.165, 1.54) is 43.6 Å². The van der Waals surface area contributed by atoms with Gasteiger partial charge in [-0.05, 0) is 55.8 Å². The Morgan fingerprint density at radius 2 is 1.71 bits per heavy atom. The zero-order valence-corrected chi connectivity index (χ0v) is 10.5. The maximum Gasteiger partial charge on any atom is 0.330 e. The molecule has 4 saturated carbocycles. The van der Waals surface area contributed by atoms with Gasteiger partial charge in [0.15, 0.2) is 0 Å². The molecule has 0 aromatic carbocycles. The summed E-state index contributed by atoms with van der Waals surface area (Å²) in [6.45, 7) is 0. The monoisotopic (exact) mass is 251 g/mol. The molecular formula is C12H17N3OS. The third-order valence-electron chi connectivity index (χ3n) is 4.80. The lowest BCUT2D eigenvalue weighted by Crippen LogP contribution is -2.50. The highest BCUT2D eigenvalue weighted by molar-refractivity contribution is 7.09. The van der Waals surface area contributed by atoms with Crippen molar-refractivity contribution >= 4 is 16.7 Å². The summed E-state index contributed by atoms with van der Waals surface area (Å²) >= 11 is 1.22. The van der Waals surface area contributed by atoms with E-state index < -0.39 is 0 Å². The highest BCUT2D eigenvalue weighted by atomic mass is 32.1. The minimum absolute atomic E-state index is 0.358. The van der Waals surface area contributed by atoms with Crippen LogP contribution in [0.5, 0.6) is 6.01 Å². The molecule has 5 rings (SSSR count). The largest absolute Gasteiger partial charge is 0.459 e. The quantitative estimate of drug-likeness (QED) is 0.876. The number of aromatic nitrogens is 2. The van der Waals surface area contributed by atoms with Crippen LogP contribution >= 0.6 is 11.5 Å². The van der Waals surface area contributed by atoms with Crippen LogP contribution < -0.4 is 10.5 Å². The number of nitrogens with zero attached hydrogens (tertiary/aromatic N) is 2. The number of hydrogen-bond acceptors (Lipinski definition) is 5. The van der Waals surface area contributed by atoms with Gasteiger partial charge in [-0.25, -0.2) is 0 Å². The van der Waals surface area contributed by atoms with Crippen LogP contribution in [0.25, 0.3) is 0 Å². The van der Waals surface area contributed by atoms with Crippen molar-refractivity contribution in [1.82, 2.24) is 9.36 Å². The van der Waals surface area contributed by atoms with E-state index in [0.29, 0.717) is 17.2 Å². The van der Waals surface area contributed by atoms with E-state index in [1.807, 2.05) is 0 Å². The molecule has 17 heavy (non-hydrogen) atoms. The molecule has 0 radical (unpaired) electrons. The smallest absolute Gasteiger partial charge is 0.330 e. The summed E-state index contributed by atoms with van der Waals surface area (Å²) in [4.78, 5) is 4.13. The van der Waals surface area contributed by atoms with Gasteiger partial charge in [-0.2, -0.15) is 4.98 Å². The minimum Gasteiger partial charge on any atom is -0.459 e. The van der Waals surface area contributed by atoms with Crippen molar-refractivity contribution in [2.24, 2.45) is 23.7 Å². The molecule has 0 atom stereocenters. The number of ether oxygens (including phenoxy) is 1. The topological polar surface area (TPSA) is 61.0 Å². The predicted molar refractivity (Wildman–Crippen MR) is 65.8 cm³/mol. The first-order valence-corrected chi connectivity index (χ1v) is 7.31. The number of nitrogen functional groups attached to an aromatic ring is 1. The molecule has 0 amide bonds. The second-order valence-corrected chi connectivity index (χ2v) is 6.71. The first-order chi connectivity index (χ1) is 8.28. The van der Waals surface area contributed by atoms with Crippen LogP contribution in [-0.4, -0.2) is 15.5 Å². The van der Waals surface area contributed by atoms with E-state index >= 15 is 0 Å². The van der Waals surface area contributed by atoms with E-state index in [9.17, 15) is 0 Å². The molecule has 1 aromatic rings. The average Bonchev–Trinajstić information content (AvgIpc) is 2.68. The summed E-state index contributed by atoms with van der Waals surface area (Å²) in [6.07, 6.45) is 7.27. The highest BCUT2D eigenvalue weighted by Gasteiger charge is 2.49. The van der Waals surface area contributed by atoms with Crippen molar-refractivity contribution in [1.29, 1.82) is 0 Å². The van der Waals surface area contributed by atoms with Crippen molar-refractivity contribution in [2.45, 2.75) is 38.2 Å². The molecule has 0 saturated heterocycles. The predicted octanol–water partition coefficient (Wildman–Crippen LogP) is 2.32. The first kappa shape index (κ1) is 10.1. The number of anilines is 1. The van der Waals surface area contributed by atoms with Gasteiger partial charge in [0.25, 0.3) is 0 Å². The van der Waals surface area contributed by atoms with Crippen LogP contribution in [0, 0.1) is 23.7 Å². The zero-order valence-electron chi connectivity index (χ0n) is 9.71. The third kappa shape index (κ3) is 1.63. The highest BCUT2D eigenvalue weighted by Crippen LogP contribution is 2.54. The normalized spacial score (nSPS) is 42.9. The molecular weight excluding hydrogens is 234 g/mol. The molecule has 0 unspecified atom stereocenters. The SMILES string of the molecule is Nc1nc(OC2C3CC4CC(C3)CC2C4)ns1. The summed E-state index contributed by atoms with van der Waals surface area (Å²) in [5.74, 6) is 3.45. The third-order valence-corrected chi connectivity index (χ3v) is 5.33. The lowest BCUT2D eigenvalue weighted by Gasteiger charge is -2.53. The molecule has 2 N–H and O–H groups in total. The maximum atomic E-state index is 6.02. The molecule has 4 aliphatic rings. The Bertz CT molecular complexity index is 405. The number of rotatable bonds is 2. The van der Waals surface area contributed by atoms with Gasteiger partial charge in [-0.3, -0.25) is 0 Å². The van der Waals surface area contributed by atoms with Crippen LogP contribution in [-0.2, 0) is 0 Å². The van der Waals surface area contributed by atoms with Crippen LogP contribution in [0.4, 0.5) is 5.13 Å². The Hall–Kier alpha value is -0.840. The van der Waals surface area contributed by atoms with Gasteiger partial charge in [0.05, 0.1) is 0 Å². The van der Waals surface area contributed by atoms with Gasteiger partial charge in [-0.1, -0.05) is 0 Å². The Balaban J connectivity index is 1.54. The summed E-state index contributed by atoms with van der Waals surface area (Å²) < 4.78 is 10.2. The Labute approximate surface area is 105 Å². The van der Waals surface area contributed by atoms with Crippen molar-refractivity contribution in [2.75, 3.05) is 5.73 Å². The van der Waals surface area contributed by atoms with E-state index in [2.05, 4.69) is 9.36 Å². The van der Waals surface area contributed by atoms with E-state index in [4.69, 9.17) is 10.5 Å². The standard InChI is InChI=1S/C12H17N3OS/c13-11-14-12(15-17-11)16-10-8-2-6-1-7(4-8)5-9(10)3-6/h6-10H,1-5H2,(H2,13,14,15). The zero-order chi connectivity index (χ0) is 11.4. The van der Waals surface area contributed by atoms with Crippen LogP contribution in [0.2, 0.25) is 0 Å². The summed E-state index contributed by atoms with van der Waals surface area (Å²) in [5.41, 5.74) is 5.59. The molecule has 0 spiro atoms. The second-order valence-electron chi connectivity index (χ2n) is 5.93. The fraction of sp³-hybridized carbons (Fsp3) is 0.833. The van der Waals surface area contributed by atoms with E-state index in [-0.39, 0.29) is 0 Å². The summed E-state index contributed by atoms with van der Waals surface area (Å²) in [5, 5.41) is 0.504. The van der Waals surface area contributed by atoms with Crippen LogP contribution in [0.3, 0.4) is 0 Å². The lowest BCUT2D eigenvalue weighted by atomic mass is 9.55.